The molecule has 0 unspecified atom stereocenters. The first kappa shape index (κ1) is 24.6. The third-order valence-electron chi connectivity index (χ3n) is 5.58. The topological polar surface area (TPSA) is 37.4 Å². The molecule has 1 heterocycles. The minimum absolute atomic E-state index is 0. The lowest BCUT2D eigenvalue weighted by atomic mass is 10.1. The van der Waals surface area contributed by atoms with Crippen LogP contribution >= 0.6 is 0 Å². The summed E-state index contributed by atoms with van der Waals surface area (Å²) in [6, 6.07) is 10.5. The number of piperazine rings is 1. The molecule has 1 aliphatic heterocycles. The smallest absolute Gasteiger partial charge is 0.214 e. The van der Waals surface area contributed by atoms with Crippen LogP contribution in [0.4, 0.5) is 0 Å². The summed E-state index contributed by atoms with van der Waals surface area (Å²) in [5, 5.41) is 0. The predicted molar refractivity (Wildman–Crippen MR) is 109 cm³/mol. The fourth-order valence-corrected chi connectivity index (χ4v) is 5.31. The highest BCUT2D eigenvalue weighted by molar-refractivity contribution is 7.89. The molecule has 0 radical (unpaired) electrons. The molecule has 1 aromatic carbocycles. The Hall–Kier alpha value is -0.430. The highest BCUT2D eigenvalue weighted by atomic mass is 79.9. The highest BCUT2D eigenvalue weighted by Gasteiger charge is 2.33. The van der Waals surface area contributed by atoms with Crippen LogP contribution in [0, 0.1) is 0 Å². The number of hydrogen-bond donors (Lipinski definition) is 0. The Labute approximate surface area is 177 Å². The summed E-state index contributed by atoms with van der Waals surface area (Å²) in [5.74, 6) is 0.323. The first-order chi connectivity index (χ1) is 12.5. The Balaban J connectivity index is 0.00000364. The van der Waals surface area contributed by atoms with Crippen molar-refractivity contribution >= 4 is 10.0 Å². The van der Waals surface area contributed by atoms with Crippen molar-refractivity contribution in [3.8, 4) is 0 Å². The van der Waals surface area contributed by atoms with Crippen molar-refractivity contribution < 1.29 is 29.9 Å². The van der Waals surface area contributed by atoms with E-state index in [4.69, 9.17) is 0 Å². The second-order valence-electron chi connectivity index (χ2n) is 8.05. The third-order valence-corrected chi connectivity index (χ3v) is 7.54. The second-order valence-corrected chi connectivity index (χ2v) is 10.1. The molecule has 156 valence electrons. The predicted octanol–water partition coefficient (Wildman–Crippen LogP) is 1.03. The lowest BCUT2D eigenvalue weighted by molar-refractivity contribution is -0.925. The van der Waals surface area contributed by atoms with Crippen LogP contribution in [0.5, 0.6) is 0 Å². The van der Waals surface area contributed by atoms with E-state index in [1.54, 1.807) is 4.31 Å². The van der Waals surface area contributed by atoms with Crippen LogP contribution < -0.4 is 17.0 Å². The Morgan fingerprint density at radius 3 is 2.07 bits per heavy atom. The zero-order chi connectivity index (χ0) is 18.9. The molecule has 0 N–H and O–H groups in total. The van der Waals surface area contributed by atoms with Gasteiger partial charge < -0.3 is 21.5 Å². The van der Waals surface area contributed by atoms with Crippen molar-refractivity contribution in [2.45, 2.75) is 58.4 Å². The van der Waals surface area contributed by atoms with Crippen LogP contribution in [0.25, 0.3) is 0 Å². The Bertz CT molecular complexity index is 614. The van der Waals surface area contributed by atoms with Crippen LogP contribution in [0.15, 0.2) is 30.3 Å². The Kier molecular flexibility index (Phi) is 11.1. The maximum Gasteiger partial charge on any atom is 0.214 e. The van der Waals surface area contributed by atoms with E-state index in [0.717, 1.165) is 37.0 Å². The van der Waals surface area contributed by atoms with E-state index < -0.39 is 10.0 Å². The molecule has 1 saturated heterocycles. The molecule has 0 bridgehead atoms. The van der Waals surface area contributed by atoms with E-state index in [9.17, 15) is 8.42 Å². The van der Waals surface area contributed by atoms with Gasteiger partial charge in [0.1, 0.15) is 6.54 Å². The molecule has 0 amide bonds. The van der Waals surface area contributed by atoms with Gasteiger partial charge in [0.05, 0.1) is 39.0 Å². The van der Waals surface area contributed by atoms with Crippen LogP contribution in [0.3, 0.4) is 0 Å². The summed E-state index contributed by atoms with van der Waals surface area (Å²) >= 11 is 0. The third kappa shape index (κ3) is 8.63. The van der Waals surface area contributed by atoms with E-state index in [2.05, 4.69) is 38.2 Å². The van der Waals surface area contributed by atoms with Crippen LogP contribution in [0.2, 0.25) is 0 Å². The monoisotopic (exact) mass is 460 g/mol. The minimum atomic E-state index is -3.08. The molecule has 27 heavy (non-hydrogen) atoms. The summed E-state index contributed by atoms with van der Waals surface area (Å²) < 4.78 is 27.9. The second kappa shape index (κ2) is 12.2. The fraction of sp³-hybridized carbons (Fsp3) is 0.714. The molecule has 0 atom stereocenters. The number of sulfonamides is 1. The zero-order valence-corrected chi connectivity index (χ0v) is 19.5. The molecule has 1 fully saturated rings. The van der Waals surface area contributed by atoms with Crippen LogP contribution in [-0.4, -0.2) is 56.2 Å². The lowest BCUT2D eigenvalue weighted by Crippen LogP contribution is -3.00. The zero-order valence-electron chi connectivity index (χ0n) is 17.1. The van der Waals surface area contributed by atoms with E-state index in [-0.39, 0.29) is 17.0 Å². The molecule has 0 saturated carbocycles. The average Bonchev–Trinajstić information content (AvgIpc) is 2.62. The van der Waals surface area contributed by atoms with E-state index in [1.165, 1.54) is 37.7 Å². The molecule has 0 aromatic heterocycles. The minimum Gasteiger partial charge on any atom is -1.00 e. The molecule has 0 spiro atoms. The maximum atomic E-state index is 12.6. The van der Waals surface area contributed by atoms with Crippen molar-refractivity contribution in [1.29, 1.82) is 0 Å². The van der Waals surface area contributed by atoms with Gasteiger partial charge in [0.15, 0.2) is 0 Å². The number of hydrogen-bond acceptors (Lipinski definition) is 2. The van der Waals surface area contributed by atoms with Crippen molar-refractivity contribution in [2.75, 3.05) is 39.0 Å². The molecule has 0 aliphatic carbocycles. The molecule has 4 nitrogen and oxygen atoms in total. The van der Waals surface area contributed by atoms with E-state index in [0.29, 0.717) is 18.8 Å². The quantitative estimate of drug-likeness (QED) is 0.365. The highest BCUT2D eigenvalue weighted by Crippen LogP contribution is 2.19. The van der Waals surface area contributed by atoms with Gasteiger partial charge in [-0.25, -0.2) is 8.42 Å². The molecule has 6 heteroatoms. The van der Waals surface area contributed by atoms with Crippen molar-refractivity contribution in [2.24, 2.45) is 0 Å². The van der Waals surface area contributed by atoms with Gasteiger partial charge in [0, 0.05) is 5.56 Å². The molecular weight excluding hydrogens is 424 g/mol. The Morgan fingerprint density at radius 1 is 0.926 bits per heavy atom. The summed E-state index contributed by atoms with van der Waals surface area (Å²) in [6.07, 6.45) is 8.10. The number of halogens is 1. The van der Waals surface area contributed by atoms with Gasteiger partial charge in [-0.3, -0.25) is 0 Å². The van der Waals surface area contributed by atoms with Crippen molar-refractivity contribution in [3.63, 3.8) is 0 Å². The van der Waals surface area contributed by atoms with Crippen LogP contribution in [0.1, 0.15) is 57.4 Å². The normalized spacial score (nSPS) is 17.4. The standard InChI is InChI=1S/C21H37N2O2S.BrH/c1-3-4-5-6-7-8-12-19-26(24,25)22-15-17-23(2,18-16-22)20-21-13-10-9-11-14-21;/h9-11,13-14H,3-8,12,15-20H2,1-2H3;1H/q+1;/p-1. The largest absolute Gasteiger partial charge is 1.00 e. The van der Waals surface area contributed by atoms with Gasteiger partial charge in [-0.2, -0.15) is 4.31 Å². The van der Waals surface area contributed by atoms with Gasteiger partial charge in [0.2, 0.25) is 10.0 Å². The summed E-state index contributed by atoms with van der Waals surface area (Å²) in [5.41, 5.74) is 1.33. The number of rotatable bonds is 11. The van der Waals surface area contributed by atoms with Gasteiger partial charge in [-0.1, -0.05) is 75.8 Å². The van der Waals surface area contributed by atoms with Gasteiger partial charge in [0.25, 0.3) is 0 Å². The first-order valence-corrected chi connectivity index (χ1v) is 11.9. The summed E-state index contributed by atoms with van der Waals surface area (Å²) in [7, 11) is -0.837. The van der Waals surface area contributed by atoms with E-state index >= 15 is 0 Å². The van der Waals surface area contributed by atoms with E-state index in [1.807, 2.05) is 6.07 Å². The van der Waals surface area contributed by atoms with Gasteiger partial charge in [-0.05, 0) is 6.42 Å². The van der Waals surface area contributed by atoms with Gasteiger partial charge >= 0.3 is 0 Å². The lowest BCUT2D eigenvalue weighted by Gasteiger charge is -2.41. The van der Waals surface area contributed by atoms with Crippen molar-refractivity contribution in [3.05, 3.63) is 35.9 Å². The van der Waals surface area contributed by atoms with Gasteiger partial charge in [-0.15, -0.1) is 0 Å². The van der Waals surface area contributed by atoms with Crippen molar-refractivity contribution in [1.82, 2.24) is 4.31 Å². The fourth-order valence-electron chi connectivity index (χ4n) is 3.76. The average molecular weight is 462 g/mol. The molecular formula is C21H37BrN2O2S. The number of benzene rings is 1. The maximum absolute atomic E-state index is 12.6. The Morgan fingerprint density at radius 2 is 1.48 bits per heavy atom. The first-order valence-electron chi connectivity index (χ1n) is 10.3. The number of nitrogens with zero attached hydrogens (tertiary/aromatic N) is 2. The number of unbranched alkanes of at least 4 members (excludes halogenated alkanes) is 6. The molecule has 1 aromatic rings. The number of quaternary nitrogens is 1. The SMILES string of the molecule is CCCCCCCCCS(=O)(=O)N1CC[N+](C)(Cc2ccccc2)CC1.[Br-]. The number of likely N-dealkylation sites (N-methyl/N-ethyl adjacent to an activating group) is 1. The summed E-state index contributed by atoms with van der Waals surface area (Å²) in [6.45, 7) is 6.29. The summed E-state index contributed by atoms with van der Waals surface area (Å²) in [4.78, 5) is 0. The molecule has 1 aliphatic rings. The van der Waals surface area contributed by atoms with Crippen LogP contribution in [-0.2, 0) is 16.6 Å². The molecule has 2 rings (SSSR count).